The molecule has 4 rings (SSSR count). The van der Waals surface area contributed by atoms with Gasteiger partial charge in [-0.15, -0.1) is 0 Å². The fourth-order valence-electron chi connectivity index (χ4n) is 5.49. The lowest BCUT2D eigenvalue weighted by molar-refractivity contribution is -0.140. The van der Waals surface area contributed by atoms with Gasteiger partial charge in [0.05, 0.1) is 0 Å². The van der Waals surface area contributed by atoms with E-state index in [9.17, 15) is 14.4 Å². The number of nitrogens with one attached hydrogen (secondary N) is 1. The lowest BCUT2D eigenvalue weighted by atomic mass is 9.88. The SMILES string of the molecule is CC(C)(C)OC(=O)NC1=NCCC(CN2CCC(C(=O)N3CCC(C(=O)Cc4ccc(Cl)cc4)CC3)CC2)=C1. The Morgan fingerprint density at radius 3 is 2.28 bits per heavy atom. The molecule has 39 heavy (non-hydrogen) atoms. The van der Waals surface area contributed by atoms with Gasteiger partial charge in [0.2, 0.25) is 5.91 Å². The summed E-state index contributed by atoms with van der Waals surface area (Å²) in [7, 11) is 0. The number of hydrogen-bond donors (Lipinski definition) is 1. The van der Waals surface area contributed by atoms with Crippen LogP contribution in [-0.4, -0.2) is 78.3 Å². The van der Waals surface area contributed by atoms with E-state index in [2.05, 4.69) is 15.2 Å². The van der Waals surface area contributed by atoms with Gasteiger partial charge in [-0.05, 0) is 89.7 Å². The van der Waals surface area contributed by atoms with Crippen molar-refractivity contribution in [3.8, 4) is 0 Å². The van der Waals surface area contributed by atoms with E-state index in [-0.39, 0.29) is 23.5 Å². The number of benzene rings is 1. The molecule has 8 nitrogen and oxygen atoms in total. The summed E-state index contributed by atoms with van der Waals surface area (Å²) < 4.78 is 5.33. The van der Waals surface area contributed by atoms with Crippen molar-refractivity contribution in [2.75, 3.05) is 39.3 Å². The molecule has 1 aromatic rings. The number of ketones is 1. The molecule has 1 aromatic carbocycles. The van der Waals surface area contributed by atoms with Crippen molar-refractivity contribution >= 4 is 35.2 Å². The Hall–Kier alpha value is -2.71. The molecule has 3 aliphatic heterocycles. The van der Waals surface area contributed by atoms with Gasteiger partial charge in [0.25, 0.3) is 0 Å². The monoisotopic (exact) mass is 556 g/mol. The van der Waals surface area contributed by atoms with Gasteiger partial charge in [0.1, 0.15) is 17.2 Å². The molecular weight excluding hydrogens is 516 g/mol. The van der Waals surface area contributed by atoms with Crippen LogP contribution in [0.2, 0.25) is 5.02 Å². The van der Waals surface area contributed by atoms with Gasteiger partial charge in [-0.25, -0.2) is 4.79 Å². The van der Waals surface area contributed by atoms with Crippen LogP contribution in [0.25, 0.3) is 0 Å². The highest BCUT2D eigenvalue weighted by Gasteiger charge is 2.32. The Kier molecular flexibility index (Phi) is 9.83. The van der Waals surface area contributed by atoms with Crippen LogP contribution in [0.1, 0.15) is 58.4 Å². The minimum atomic E-state index is -0.557. The summed E-state index contributed by atoms with van der Waals surface area (Å²) in [5.41, 5.74) is 1.66. The Bertz CT molecular complexity index is 1090. The lowest BCUT2D eigenvalue weighted by Crippen LogP contribution is -2.46. The number of likely N-dealkylation sites (tertiary alicyclic amines) is 2. The zero-order valence-corrected chi connectivity index (χ0v) is 24.1. The maximum Gasteiger partial charge on any atom is 0.413 e. The van der Waals surface area contributed by atoms with E-state index >= 15 is 0 Å². The van der Waals surface area contributed by atoms with E-state index in [1.807, 2.05) is 56.0 Å². The van der Waals surface area contributed by atoms with Gasteiger partial charge in [-0.2, -0.15) is 0 Å². The van der Waals surface area contributed by atoms with E-state index in [1.165, 1.54) is 5.57 Å². The number of carbonyl (C=O) groups excluding carboxylic acids is 3. The topological polar surface area (TPSA) is 91.3 Å². The fraction of sp³-hybridized carbons (Fsp3) is 0.600. The van der Waals surface area contributed by atoms with Crippen molar-refractivity contribution < 1.29 is 19.1 Å². The van der Waals surface area contributed by atoms with Gasteiger partial charge in [-0.1, -0.05) is 29.3 Å². The standard InChI is InChI=1S/C30H41ClN4O4/c1-30(2,3)39-29(38)33-27-19-22(8-13-32-27)20-34-14-9-24(10-15-34)28(37)35-16-11-23(12-17-35)26(36)18-21-4-6-25(31)7-5-21/h4-7,19,23-24H,8-18,20H2,1-3H3,(H,32,33,38). The number of aliphatic imine (C=N–C) groups is 1. The van der Waals surface area contributed by atoms with Crippen molar-refractivity contribution in [3.63, 3.8) is 0 Å². The molecule has 1 N–H and O–H groups in total. The first-order valence-electron chi connectivity index (χ1n) is 14.1. The zero-order valence-electron chi connectivity index (χ0n) is 23.4. The number of piperidine rings is 2. The maximum atomic E-state index is 13.2. The average Bonchev–Trinajstić information content (AvgIpc) is 2.89. The molecule has 2 amide bonds. The highest BCUT2D eigenvalue weighted by atomic mass is 35.5. The lowest BCUT2D eigenvalue weighted by Gasteiger charge is -2.37. The Morgan fingerprint density at radius 1 is 1.00 bits per heavy atom. The minimum Gasteiger partial charge on any atom is -0.444 e. The molecule has 0 radical (unpaired) electrons. The normalized spacial score (nSPS) is 19.7. The van der Waals surface area contributed by atoms with Crippen molar-refractivity contribution in [1.82, 2.24) is 15.1 Å². The maximum absolute atomic E-state index is 13.2. The molecular formula is C30H41ClN4O4. The first kappa shape index (κ1) is 29.3. The minimum absolute atomic E-state index is 0.0218. The van der Waals surface area contributed by atoms with E-state index in [0.717, 1.165) is 57.3 Å². The second-order valence-corrected chi connectivity index (χ2v) is 12.3. The van der Waals surface area contributed by atoms with Crippen LogP contribution in [0, 0.1) is 11.8 Å². The summed E-state index contributed by atoms with van der Waals surface area (Å²) >= 11 is 5.95. The highest BCUT2D eigenvalue weighted by Crippen LogP contribution is 2.26. The molecule has 0 aliphatic carbocycles. The number of rotatable bonds is 6. The van der Waals surface area contributed by atoms with Crippen molar-refractivity contribution in [3.05, 3.63) is 46.5 Å². The average molecular weight is 557 g/mol. The van der Waals surface area contributed by atoms with Crippen molar-refractivity contribution in [2.24, 2.45) is 16.8 Å². The summed E-state index contributed by atoms with van der Waals surface area (Å²) in [5, 5.41) is 3.42. The van der Waals surface area contributed by atoms with Crippen molar-refractivity contribution in [1.29, 1.82) is 0 Å². The van der Waals surface area contributed by atoms with Gasteiger partial charge in [-0.3, -0.25) is 24.8 Å². The number of amidine groups is 1. The molecule has 3 heterocycles. The van der Waals surface area contributed by atoms with Gasteiger partial charge in [0, 0.05) is 49.5 Å². The fourth-order valence-corrected chi connectivity index (χ4v) is 5.62. The second-order valence-electron chi connectivity index (χ2n) is 11.9. The third-order valence-electron chi connectivity index (χ3n) is 7.60. The summed E-state index contributed by atoms with van der Waals surface area (Å²) in [5.74, 6) is 1.11. The number of hydrogen-bond acceptors (Lipinski definition) is 6. The van der Waals surface area contributed by atoms with E-state index in [1.54, 1.807) is 0 Å². The summed E-state index contributed by atoms with van der Waals surface area (Å²) in [4.78, 5) is 46.8. The first-order chi connectivity index (χ1) is 18.6. The van der Waals surface area contributed by atoms with E-state index in [4.69, 9.17) is 16.3 Å². The number of nitrogens with zero attached hydrogens (tertiary/aromatic N) is 3. The zero-order chi connectivity index (χ0) is 28.0. The third kappa shape index (κ3) is 8.90. The number of amides is 2. The number of dihydropyridines is 1. The number of Topliss-reactive ketones (excluding diaryl/α,β-unsaturated/α-hetero) is 1. The summed E-state index contributed by atoms with van der Waals surface area (Å²) in [6.45, 7) is 10.0. The van der Waals surface area contributed by atoms with E-state index < -0.39 is 11.7 Å². The first-order valence-corrected chi connectivity index (χ1v) is 14.5. The van der Waals surface area contributed by atoms with Crippen LogP contribution >= 0.6 is 11.6 Å². The molecule has 2 saturated heterocycles. The molecule has 2 fully saturated rings. The number of alkyl carbamates (subject to hydrolysis) is 1. The molecule has 212 valence electrons. The molecule has 0 saturated carbocycles. The molecule has 0 bridgehead atoms. The van der Waals surface area contributed by atoms with Crippen LogP contribution in [0.15, 0.2) is 40.9 Å². The van der Waals surface area contributed by atoms with Crippen molar-refractivity contribution in [2.45, 2.75) is 64.9 Å². The Balaban J connectivity index is 1.18. The predicted molar refractivity (Wildman–Crippen MR) is 153 cm³/mol. The second kappa shape index (κ2) is 13.1. The van der Waals surface area contributed by atoms with Gasteiger partial charge >= 0.3 is 6.09 Å². The molecule has 0 unspecified atom stereocenters. The Morgan fingerprint density at radius 2 is 1.64 bits per heavy atom. The van der Waals surface area contributed by atoms with Crippen LogP contribution < -0.4 is 5.32 Å². The molecule has 0 aromatic heterocycles. The Labute approximate surface area is 236 Å². The predicted octanol–water partition coefficient (Wildman–Crippen LogP) is 4.66. The number of ether oxygens (including phenoxy) is 1. The highest BCUT2D eigenvalue weighted by molar-refractivity contribution is 6.30. The van der Waals surface area contributed by atoms with Crippen LogP contribution in [0.5, 0.6) is 0 Å². The quantitative estimate of drug-likeness (QED) is 0.550. The van der Waals surface area contributed by atoms with E-state index in [0.29, 0.717) is 36.9 Å². The third-order valence-corrected chi connectivity index (χ3v) is 7.85. The number of carbonyl (C=O) groups is 3. The van der Waals surface area contributed by atoms with Crippen LogP contribution in [-0.2, 0) is 20.7 Å². The summed E-state index contributed by atoms with van der Waals surface area (Å²) in [6, 6.07) is 7.45. The van der Waals surface area contributed by atoms with Crippen LogP contribution in [0.3, 0.4) is 0 Å². The van der Waals surface area contributed by atoms with Gasteiger partial charge < -0.3 is 9.64 Å². The molecule has 0 spiro atoms. The molecule has 0 atom stereocenters. The molecule has 3 aliphatic rings. The summed E-state index contributed by atoms with van der Waals surface area (Å²) in [6.07, 6.45) is 5.92. The number of halogens is 1. The van der Waals surface area contributed by atoms with Gasteiger partial charge in [0.15, 0.2) is 0 Å². The van der Waals surface area contributed by atoms with Crippen LogP contribution in [0.4, 0.5) is 4.79 Å². The largest absolute Gasteiger partial charge is 0.444 e. The molecule has 9 heteroatoms. The smallest absolute Gasteiger partial charge is 0.413 e.